The van der Waals surface area contributed by atoms with Crippen molar-refractivity contribution in [1.29, 1.82) is 0 Å². The van der Waals surface area contributed by atoms with E-state index in [4.69, 9.17) is 16.3 Å². The first-order valence-corrected chi connectivity index (χ1v) is 10.4. The molecule has 0 saturated heterocycles. The Balaban J connectivity index is 1.46. The molecule has 0 atom stereocenters. The Labute approximate surface area is 189 Å². The molecule has 3 heterocycles. The molecular formula is C24H18ClN5O2. The Hall–Kier alpha value is -3.97. The highest BCUT2D eigenvalue weighted by molar-refractivity contribution is 6.30. The monoisotopic (exact) mass is 443 g/mol. The van der Waals surface area contributed by atoms with Crippen LogP contribution < -0.4 is 15.0 Å². The van der Waals surface area contributed by atoms with Crippen molar-refractivity contribution < 1.29 is 9.53 Å². The average Bonchev–Trinajstić information content (AvgIpc) is 2.81. The Morgan fingerprint density at radius 1 is 1.03 bits per heavy atom. The van der Waals surface area contributed by atoms with Gasteiger partial charge in [0.15, 0.2) is 6.61 Å². The van der Waals surface area contributed by atoms with E-state index in [9.17, 15) is 4.79 Å². The van der Waals surface area contributed by atoms with Crippen LogP contribution in [0, 0.1) is 0 Å². The molecule has 0 saturated carbocycles. The molecule has 5 rings (SSSR count). The van der Waals surface area contributed by atoms with Crippen LogP contribution in [-0.2, 0) is 11.3 Å². The number of rotatable bonds is 5. The lowest BCUT2D eigenvalue weighted by atomic mass is 10.1. The van der Waals surface area contributed by atoms with E-state index in [1.54, 1.807) is 35.6 Å². The number of nitrogens with one attached hydrogen (secondary N) is 1. The molecule has 0 aliphatic carbocycles. The van der Waals surface area contributed by atoms with Crippen LogP contribution in [0.1, 0.15) is 5.56 Å². The van der Waals surface area contributed by atoms with E-state index in [-0.39, 0.29) is 12.5 Å². The van der Waals surface area contributed by atoms with Crippen LogP contribution in [0.3, 0.4) is 0 Å². The number of carbonyl (C=O) groups excluding carboxylic acids is 1. The molecule has 4 aromatic rings. The van der Waals surface area contributed by atoms with E-state index < -0.39 is 0 Å². The quantitative estimate of drug-likeness (QED) is 0.474. The highest BCUT2D eigenvalue weighted by Gasteiger charge is 2.26. The molecule has 1 aliphatic heterocycles. The number of carbonyl (C=O) groups is 1. The summed E-state index contributed by atoms with van der Waals surface area (Å²) < 4.78 is 5.65. The minimum absolute atomic E-state index is 0.0125. The van der Waals surface area contributed by atoms with Crippen molar-refractivity contribution in [2.75, 3.05) is 16.8 Å². The first-order chi connectivity index (χ1) is 15.7. The predicted octanol–water partition coefficient (Wildman–Crippen LogP) is 4.86. The Morgan fingerprint density at radius 3 is 2.75 bits per heavy atom. The minimum Gasteiger partial charge on any atom is -0.482 e. The maximum Gasteiger partial charge on any atom is 0.265 e. The van der Waals surface area contributed by atoms with Crippen LogP contribution in [-0.4, -0.2) is 27.5 Å². The van der Waals surface area contributed by atoms with Crippen LogP contribution in [0.15, 0.2) is 79.3 Å². The minimum atomic E-state index is -0.0996. The van der Waals surface area contributed by atoms with Gasteiger partial charge in [-0.1, -0.05) is 17.7 Å². The van der Waals surface area contributed by atoms with Crippen molar-refractivity contribution in [1.82, 2.24) is 15.0 Å². The molecule has 1 N–H and O–H groups in total. The molecule has 32 heavy (non-hydrogen) atoms. The normalized spacial score (nSPS) is 12.8. The number of hydrogen-bond acceptors (Lipinski definition) is 6. The smallest absolute Gasteiger partial charge is 0.265 e. The Kier molecular flexibility index (Phi) is 5.39. The summed E-state index contributed by atoms with van der Waals surface area (Å²) in [6, 6.07) is 18.7. The summed E-state index contributed by atoms with van der Waals surface area (Å²) in [6.07, 6.45) is 5.12. The first-order valence-electron chi connectivity index (χ1n) is 9.98. The fourth-order valence-corrected chi connectivity index (χ4v) is 3.67. The van der Waals surface area contributed by atoms with Crippen molar-refractivity contribution in [3.8, 4) is 17.0 Å². The summed E-state index contributed by atoms with van der Waals surface area (Å²) in [6.45, 7) is 0.450. The molecule has 0 unspecified atom stereocenters. The number of aromatic nitrogens is 3. The van der Waals surface area contributed by atoms with Gasteiger partial charge >= 0.3 is 0 Å². The van der Waals surface area contributed by atoms with Crippen LogP contribution in [0.2, 0.25) is 5.02 Å². The van der Waals surface area contributed by atoms with E-state index in [0.29, 0.717) is 34.6 Å². The summed E-state index contributed by atoms with van der Waals surface area (Å²) in [7, 11) is 0. The topological polar surface area (TPSA) is 80.2 Å². The highest BCUT2D eigenvalue weighted by Crippen LogP contribution is 2.36. The molecule has 2 aromatic heterocycles. The Morgan fingerprint density at radius 2 is 1.91 bits per heavy atom. The van der Waals surface area contributed by atoms with Gasteiger partial charge in [-0.2, -0.15) is 0 Å². The number of anilines is 3. The molecule has 1 aliphatic rings. The number of halogens is 1. The first kappa shape index (κ1) is 20.0. The zero-order valence-electron chi connectivity index (χ0n) is 16.9. The van der Waals surface area contributed by atoms with Crippen LogP contribution in [0.5, 0.6) is 5.75 Å². The van der Waals surface area contributed by atoms with Crippen molar-refractivity contribution in [2.24, 2.45) is 0 Å². The maximum atomic E-state index is 12.6. The van der Waals surface area contributed by atoms with Crippen LogP contribution >= 0.6 is 11.6 Å². The van der Waals surface area contributed by atoms with Gasteiger partial charge in [-0.15, -0.1) is 0 Å². The van der Waals surface area contributed by atoms with Crippen molar-refractivity contribution in [3.63, 3.8) is 0 Å². The summed E-state index contributed by atoms with van der Waals surface area (Å²) in [5.41, 5.74) is 4.05. The molecule has 7 nitrogen and oxygen atoms in total. The molecule has 2 aromatic carbocycles. The van der Waals surface area contributed by atoms with Crippen molar-refractivity contribution in [3.05, 3.63) is 89.8 Å². The van der Waals surface area contributed by atoms with Crippen molar-refractivity contribution >= 4 is 34.8 Å². The summed E-state index contributed by atoms with van der Waals surface area (Å²) in [5.74, 6) is 1.01. The summed E-state index contributed by atoms with van der Waals surface area (Å²) in [4.78, 5) is 27.3. The summed E-state index contributed by atoms with van der Waals surface area (Å²) >= 11 is 6.06. The number of benzene rings is 2. The highest BCUT2D eigenvalue weighted by atomic mass is 35.5. The summed E-state index contributed by atoms with van der Waals surface area (Å²) in [5, 5.41) is 3.79. The van der Waals surface area contributed by atoms with Gasteiger partial charge in [-0.25, -0.2) is 9.97 Å². The molecule has 0 spiro atoms. The van der Waals surface area contributed by atoms with E-state index in [2.05, 4.69) is 20.3 Å². The largest absolute Gasteiger partial charge is 0.482 e. The lowest BCUT2D eigenvalue weighted by Crippen LogP contribution is -2.38. The molecule has 0 radical (unpaired) electrons. The van der Waals surface area contributed by atoms with E-state index >= 15 is 0 Å². The number of fused-ring (bicyclic) bond motifs is 1. The van der Waals surface area contributed by atoms with Gasteiger partial charge in [0, 0.05) is 34.9 Å². The number of amides is 1. The standard InChI is InChI=1S/C24H18ClN5O2/c25-18-2-1-3-19(13-18)28-24-27-11-8-20(29-24)17-4-5-22-21(12-17)30(23(31)15-32-22)14-16-6-9-26-10-7-16/h1-13H,14-15H2,(H,27,28,29). The van der Waals surface area contributed by atoms with Gasteiger partial charge in [0.2, 0.25) is 5.95 Å². The lowest BCUT2D eigenvalue weighted by Gasteiger charge is -2.30. The van der Waals surface area contributed by atoms with Gasteiger partial charge < -0.3 is 15.0 Å². The molecular weight excluding hydrogens is 426 g/mol. The molecule has 0 fully saturated rings. The second-order valence-corrected chi connectivity index (χ2v) is 7.64. The third-order valence-electron chi connectivity index (χ3n) is 5.02. The van der Waals surface area contributed by atoms with E-state index in [1.165, 1.54) is 0 Å². The van der Waals surface area contributed by atoms with Gasteiger partial charge in [-0.3, -0.25) is 9.78 Å². The van der Waals surface area contributed by atoms with Crippen LogP contribution in [0.4, 0.5) is 17.3 Å². The van der Waals surface area contributed by atoms with Crippen molar-refractivity contribution in [2.45, 2.75) is 6.54 Å². The van der Waals surface area contributed by atoms with Crippen LogP contribution in [0.25, 0.3) is 11.3 Å². The third-order valence-corrected chi connectivity index (χ3v) is 5.26. The fraction of sp³-hybridized carbons (Fsp3) is 0.0833. The van der Waals surface area contributed by atoms with Gasteiger partial charge in [0.1, 0.15) is 5.75 Å². The average molecular weight is 444 g/mol. The zero-order valence-corrected chi connectivity index (χ0v) is 17.7. The zero-order chi connectivity index (χ0) is 21.9. The lowest BCUT2D eigenvalue weighted by molar-refractivity contribution is -0.121. The maximum absolute atomic E-state index is 12.6. The van der Waals surface area contributed by atoms with Gasteiger partial charge in [0.25, 0.3) is 5.91 Å². The molecule has 0 bridgehead atoms. The van der Waals surface area contributed by atoms with E-state index in [1.807, 2.05) is 48.5 Å². The molecule has 1 amide bonds. The second kappa shape index (κ2) is 8.64. The van der Waals surface area contributed by atoms with Gasteiger partial charge in [0.05, 0.1) is 17.9 Å². The number of ether oxygens (including phenoxy) is 1. The Bertz CT molecular complexity index is 1280. The molecule has 158 valence electrons. The van der Waals surface area contributed by atoms with E-state index in [0.717, 1.165) is 16.8 Å². The van der Waals surface area contributed by atoms with Gasteiger partial charge in [-0.05, 0) is 60.2 Å². The number of nitrogens with zero attached hydrogens (tertiary/aromatic N) is 4. The number of pyridine rings is 1. The second-order valence-electron chi connectivity index (χ2n) is 7.21. The molecule has 8 heteroatoms. The third kappa shape index (κ3) is 4.24. The predicted molar refractivity (Wildman–Crippen MR) is 123 cm³/mol. The number of hydrogen-bond donors (Lipinski definition) is 1. The fourth-order valence-electron chi connectivity index (χ4n) is 3.48. The SMILES string of the molecule is O=C1COc2ccc(-c3ccnc(Nc4cccc(Cl)c4)n3)cc2N1Cc1ccncc1.